The molecular formula is C17H16FN3O4S. The quantitative estimate of drug-likeness (QED) is 0.805. The zero-order chi connectivity index (χ0) is 18.7. The predicted octanol–water partition coefficient (Wildman–Crippen LogP) is 1.98. The van der Waals surface area contributed by atoms with Crippen LogP contribution in [0.4, 0.5) is 9.18 Å². The molecule has 0 bridgehead atoms. The van der Waals surface area contributed by atoms with Crippen molar-refractivity contribution in [1.29, 1.82) is 0 Å². The number of aromatic nitrogens is 1. The number of hydrogen-bond donors (Lipinski definition) is 1. The molecule has 0 radical (unpaired) electrons. The number of thiazole rings is 1. The first-order valence-electron chi connectivity index (χ1n) is 7.93. The van der Waals surface area contributed by atoms with Crippen LogP contribution in [0, 0.1) is 5.82 Å². The molecule has 136 valence electrons. The van der Waals surface area contributed by atoms with Crippen molar-refractivity contribution in [3.05, 3.63) is 41.2 Å². The van der Waals surface area contributed by atoms with Crippen LogP contribution in [0.3, 0.4) is 0 Å². The van der Waals surface area contributed by atoms with Crippen molar-refractivity contribution >= 4 is 29.2 Å². The summed E-state index contributed by atoms with van der Waals surface area (Å²) in [5.74, 6) is -1.50. The second-order valence-electron chi connectivity index (χ2n) is 5.68. The van der Waals surface area contributed by atoms with Crippen LogP contribution in [0.15, 0.2) is 29.6 Å². The monoisotopic (exact) mass is 377 g/mol. The normalized spacial score (nSPS) is 14.8. The van der Waals surface area contributed by atoms with Crippen LogP contribution in [-0.2, 0) is 20.7 Å². The lowest BCUT2D eigenvalue weighted by Gasteiger charge is -2.17. The molecule has 0 aliphatic carbocycles. The standard InChI is InChI=1S/C17H16FN3O4S/c1-10(16(23)21-7-6-19-17(21)24)25-14(22)8-13-9-26-15(20-13)11-2-4-12(18)5-3-11/h2-5,9-10H,6-8H2,1H3,(H,19,24)/t10-/m0/s1. The summed E-state index contributed by atoms with van der Waals surface area (Å²) in [5.41, 5.74) is 1.25. The molecule has 26 heavy (non-hydrogen) atoms. The number of carbonyl (C=O) groups is 3. The van der Waals surface area contributed by atoms with Crippen LogP contribution in [0.5, 0.6) is 0 Å². The molecule has 0 spiro atoms. The maximum absolute atomic E-state index is 13.0. The summed E-state index contributed by atoms with van der Waals surface area (Å²) < 4.78 is 18.1. The highest BCUT2D eigenvalue weighted by Crippen LogP contribution is 2.24. The minimum Gasteiger partial charge on any atom is -0.452 e. The summed E-state index contributed by atoms with van der Waals surface area (Å²) in [6, 6.07) is 5.41. The Balaban J connectivity index is 1.57. The van der Waals surface area contributed by atoms with Gasteiger partial charge in [0.25, 0.3) is 5.91 Å². The number of benzene rings is 1. The van der Waals surface area contributed by atoms with E-state index >= 15 is 0 Å². The summed E-state index contributed by atoms with van der Waals surface area (Å²) in [4.78, 5) is 41.0. The fourth-order valence-electron chi connectivity index (χ4n) is 2.45. The van der Waals surface area contributed by atoms with Crippen molar-refractivity contribution in [2.45, 2.75) is 19.4 Å². The molecule has 7 nitrogen and oxygen atoms in total. The van der Waals surface area contributed by atoms with Crippen molar-refractivity contribution in [2.24, 2.45) is 0 Å². The van der Waals surface area contributed by atoms with Crippen molar-refractivity contribution in [3.63, 3.8) is 0 Å². The predicted molar refractivity (Wildman–Crippen MR) is 91.9 cm³/mol. The molecule has 0 saturated carbocycles. The number of esters is 1. The first-order chi connectivity index (χ1) is 12.4. The van der Waals surface area contributed by atoms with Crippen molar-refractivity contribution < 1.29 is 23.5 Å². The molecule has 3 rings (SSSR count). The topological polar surface area (TPSA) is 88.6 Å². The third-order valence-electron chi connectivity index (χ3n) is 3.75. The van der Waals surface area contributed by atoms with E-state index in [0.717, 1.165) is 10.5 Å². The summed E-state index contributed by atoms with van der Waals surface area (Å²) in [7, 11) is 0. The Bertz CT molecular complexity index is 837. The molecule has 9 heteroatoms. The fourth-order valence-corrected chi connectivity index (χ4v) is 3.28. The summed E-state index contributed by atoms with van der Waals surface area (Å²) in [6.45, 7) is 2.07. The Hall–Kier alpha value is -2.81. The van der Waals surface area contributed by atoms with E-state index in [-0.39, 0.29) is 18.8 Å². The first kappa shape index (κ1) is 18.0. The average molecular weight is 377 g/mol. The second kappa shape index (κ2) is 7.61. The van der Waals surface area contributed by atoms with E-state index in [9.17, 15) is 18.8 Å². The number of imide groups is 1. The van der Waals surface area contributed by atoms with Crippen LogP contribution < -0.4 is 5.32 Å². The number of rotatable bonds is 5. The van der Waals surface area contributed by atoms with Gasteiger partial charge >= 0.3 is 12.0 Å². The summed E-state index contributed by atoms with van der Waals surface area (Å²) >= 11 is 1.33. The third-order valence-corrected chi connectivity index (χ3v) is 4.69. The Kier molecular flexibility index (Phi) is 5.27. The van der Waals surface area contributed by atoms with Crippen LogP contribution in [0.25, 0.3) is 10.6 Å². The van der Waals surface area contributed by atoms with Crippen LogP contribution in [0.2, 0.25) is 0 Å². The maximum atomic E-state index is 13.0. The number of nitrogens with zero attached hydrogens (tertiary/aromatic N) is 2. The van der Waals surface area contributed by atoms with Crippen molar-refractivity contribution in [2.75, 3.05) is 13.1 Å². The third kappa shape index (κ3) is 4.05. The van der Waals surface area contributed by atoms with Gasteiger partial charge in [0.1, 0.15) is 10.8 Å². The van der Waals surface area contributed by atoms with Crippen molar-refractivity contribution in [1.82, 2.24) is 15.2 Å². The number of amides is 3. The number of ether oxygens (including phenoxy) is 1. The lowest BCUT2D eigenvalue weighted by atomic mass is 10.2. The molecule has 2 heterocycles. The molecular weight excluding hydrogens is 361 g/mol. The molecule has 3 amide bonds. The molecule has 0 unspecified atom stereocenters. The first-order valence-corrected chi connectivity index (χ1v) is 8.81. The van der Waals surface area contributed by atoms with Gasteiger partial charge in [0.15, 0.2) is 6.10 Å². The summed E-state index contributed by atoms with van der Waals surface area (Å²) in [6.07, 6.45) is -1.15. The Labute approximate surface area is 152 Å². The van der Waals surface area contributed by atoms with Crippen LogP contribution in [0.1, 0.15) is 12.6 Å². The molecule has 1 saturated heterocycles. The molecule has 1 aromatic heterocycles. The lowest BCUT2D eigenvalue weighted by Crippen LogP contribution is -2.42. The van der Waals surface area contributed by atoms with Gasteiger partial charge in [-0.3, -0.25) is 14.5 Å². The lowest BCUT2D eigenvalue weighted by molar-refractivity contribution is -0.156. The van der Waals surface area contributed by atoms with E-state index in [1.807, 2.05) is 0 Å². The Morgan fingerprint density at radius 1 is 1.38 bits per heavy atom. The molecule has 2 aromatic rings. The molecule has 1 fully saturated rings. The van der Waals surface area contributed by atoms with Crippen LogP contribution >= 0.6 is 11.3 Å². The fraction of sp³-hybridized carbons (Fsp3) is 0.294. The highest BCUT2D eigenvalue weighted by Gasteiger charge is 2.31. The minimum atomic E-state index is -1.05. The molecule has 1 aliphatic rings. The van der Waals surface area contributed by atoms with E-state index in [1.54, 1.807) is 17.5 Å². The van der Waals surface area contributed by atoms with E-state index in [1.165, 1.54) is 30.4 Å². The molecule has 1 aromatic carbocycles. The van der Waals surface area contributed by atoms with E-state index in [0.29, 0.717) is 17.2 Å². The van der Waals surface area contributed by atoms with Gasteiger partial charge in [-0.1, -0.05) is 0 Å². The van der Waals surface area contributed by atoms with Gasteiger partial charge in [-0.15, -0.1) is 11.3 Å². The van der Waals surface area contributed by atoms with Gasteiger partial charge in [-0.05, 0) is 31.2 Å². The maximum Gasteiger partial charge on any atom is 0.324 e. The van der Waals surface area contributed by atoms with Gasteiger partial charge in [-0.2, -0.15) is 0 Å². The number of halogens is 1. The molecule has 1 N–H and O–H groups in total. The highest BCUT2D eigenvalue weighted by molar-refractivity contribution is 7.13. The molecule has 1 atom stereocenters. The second-order valence-corrected chi connectivity index (χ2v) is 6.54. The smallest absolute Gasteiger partial charge is 0.324 e. The Morgan fingerprint density at radius 2 is 2.12 bits per heavy atom. The average Bonchev–Trinajstić information content (AvgIpc) is 3.23. The van der Waals surface area contributed by atoms with Gasteiger partial charge in [0.2, 0.25) is 0 Å². The van der Waals surface area contributed by atoms with E-state index in [2.05, 4.69) is 10.3 Å². The van der Waals surface area contributed by atoms with Gasteiger partial charge in [0.05, 0.1) is 12.1 Å². The van der Waals surface area contributed by atoms with Crippen LogP contribution in [-0.4, -0.2) is 47.0 Å². The number of hydrogen-bond acceptors (Lipinski definition) is 6. The van der Waals surface area contributed by atoms with E-state index in [4.69, 9.17) is 4.74 Å². The Morgan fingerprint density at radius 3 is 2.77 bits per heavy atom. The largest absolute Gasteiger partial charge is 0.452 e. The zero-order valence-electron chi connectivity index (χ0n) is 13.9. The SMILES string of the molecule is C[C@H](OC(=O)Cc1csc(-c2ccc(F)cc2)n1)C(=O)N1CCNC1=O. The minimum absolute atomic E-state index is 0.0957. The highest BCUT2D eigenvalue weighted by atomic mass is 32.1. The van der Waals surface area contributed by atoms with Gasteiger partial charge in [0, 0.05) is 24.0 Å². The number of urea groups is 1. The van der Waals surface area contributed by atoms with E-state index < -0.39 is 24.0 Å². The zero-order valence-corrected chi connectivity index (χ0v) is 14.7. The molecule has 1 aliphatic heterocycles. The van der Waals surface area contributed by atoms with Crippen molar-refractivity contribution in [3.8, 4) is 10.6 Å². The number of nitrogens with one attached hydrogen (secondary N) is 1. The number of carbonyl (C=O) groups excluding carboxylic acids is 3. The van der Waals surface area contributed by atoms with Gasteiger partial charge < -0.3 is 10.1 Å². The van der Waals surface area contributed by atoms with Gasteiger partial charge in [-0.25, -0.2) is 14.2 Å². The summed E-state index contributed by atoms with van der Waals surface area (Å²) in [5, 5.41) is 4.88.